The lowest BCUT2D eigenvalue weighted by Gasteiger charge is -2.37. The quantitative estimate of drug-likeness (QED) is 0.0457. The zero-order valence-electron chi connectivity index (χ0n) is 48.6. The zero-order valence-corrected chi connectivity index (χ0v) is 49.5. The van der Waals surface area contributed by atoms with Gasteiger partial charge < -0.3 is 38.4 Å². The number of nitrogens with zero attached hydrogens (tertiary/aromatic N) is 3. The van der Waals surface area contributed by atoms with Crippen LogP contribution < -0.4 is 0 Å². The largest absolute Gasteiger partial charge is 0.472 e. The minimum absolute atomic E-state index is 0.0256. The van der Waals surface area contributed by atoms with Gasteiger partial charge in [-0.1, -0.05) is 187 Å². The number of phosphoric ester groups is 1. The number of amides is 2. The van der Waals surface area contributed by atoms with Gasteiger partial charge in [-0.15, -0.1) is 0 Å². The molecule has 3 unspecified atom stereocenters. The first kappa shape index (κ1) is 64.8. The Labute approximate surface area is 457 Å². The van der Waals surface area contributed by atoms with E-state index in [1.54, 1.807) is 4.90 Å². The normalized spacial score (nSPS) is 27.0. The van der Waals surface area contributed by atoms with Crippen LogP contribution in [-0.4, -0.2) is 133 Å². The first-order valence-corrected chi connectivity index (χ1v) is 33.1. The topological polar surface area (TPSA) is 146 Å². The fourth-order valence-electron chi connectivity index (χ4n) is 12.3. The summed E-state index contributed by atoms with van der Waals surface area (Å²) in [6.45, 7) is 16.0. The molecule has 5 aliphatic heterocycles. The highest BCUT2D eigenvalue weighted by atomic mass is 31.2. The summed E-state index contributed by atoms with van der Waals surface area (Å²) in [5.74, 6) is -1.74. The lowest BCUT2D eigenvalue weighted by Crippen LogP contribution is -2.45. The van der Waals surface area contributed by atoms with Crippen LogP contribution in [0.1, 0.15) is 266 Å². The average molecular weight is 1080 g/mol. The summed E-state index contributed by atoms with van der Waals surface area (Å²) in [6.07, 6.45) is 37.8. The molecule has 0 aromatic carbocycles. The molecule has 75 heavy (non-hydrogen) atoms. The number of carbonyl (C=O) groups is 2. The smallest absolute Gasteiger partial charge is 0.348 e. The van der Waals surface area contributed by atoms with Gasteiger partial charge in [0, 0.05) is 45.4 Å². The molecule has 0 radical (unpaired) electrons. The molecule has 0 aliphatic carbocycles. The molecule has 0 aromatic heterocycles. The van der Waals surface area contributed by atoms with E-state index in [0.29, 0.717) is 38.8 Å². The number of carbonyl (C=O) groups excluding carboxylic acids is 2. The number of phosphoric acid groups is 1. The van der Waals surface area contributed by atoms with Crippen LogP contribution >= 0.6 is 7.82 Å². The number of unbranched alkanes of at least 4 members (excludes halogenated alkanes) is 26. The first-order chi connectivity index (χ1) is 36.3. The van der Waals surface area contributed by atoms with Gasteiger partial charge >= 0.3 is 7.82 Å². The number of likely N-dealkylation sites (tertiary alicyclic amines) is 2. The fourth-order valence-corrected chi connectivity index (χ4v) is 13.3. The van der Waals surface area contributed by atoms with Gasteiger partial charge in [0.2, 0.25) is 11.8 Å². The molecule has 0 aromatic rings. The van der Waals surface area contributed by atoms with E-state index in [4.69, 9.17) is 32.7 Å². The molecular formula is C60H112N3O11P. The molecule has 5 aliphatic rings. The Hall–Kier alpha value is -1.03. The number of hydrogen-bond donors (Lipinski definition) is 1. The maximum absolute atomic E-state index is 14.0. The summed E-state index contributed by atoms with van der Waals surface area (Å²) < 4.78 is 56.9. The predicted octanol–water partition coefficient (Wildman–Crippen LogP) is 14.2. The Morgan fingerprint density at radius 1 is 0.613 bits per heavy atom. The highest BCUT2D eigenvalue weighted by molar-refractivity contribution is 7.47. The molecule has 1 N–H and O–H groups in total. The summed E-state index contributed by atoms with van der Waals surface area (Å²) in [5.41, 5.74) is 0. The van der Waals surface area contributed by atoms with Gasteiger partial charge in [0.1, 0.15) is 24.4 Å². The van der Waals surface area contributed by atoms with E-state index in [1.807, 2.05) is 20.8 Å². The Morgan fingerprint density at radius 2 is 1.11 bits per heavy atom. The molecule has 14 nitrogen and oxygen atoms in total. The van der Waals surface area contributed by atoms with Crippen molar-refractivity contribution in [1.82, 2.24) is 14.7 Å². The van der Waals surface area contributed by atoms with E-state index < -0.39 is 50.1 Å². The standard InChI is InChI=1S/C60H112N3O11P/c1-6-8-10-12-14-16-18-20-22-24-26-28-30-35-44-63(53(64)39-45-61-41-33-32-34-42-61)54(65)40-46-62-43-37-38-51(49-62)48-60(5)72-57-56(55(70-58(57)73-60)52-50-68-59(3,4)71-52)74-75(66,67)69-47-36-31-29-27-25-23-21-19-17-15-13-11-9-7-2/h51-52,55-58H,6-50H2,1-5H3,(H,66,67)/t51?,52-,55-,56+,57-,58-,60?/m1/s1. The number of hydrogen-bond acceptors (Lipinski definition) is 12. The van der Waals surface area contributed by atoms with Gasteiger partial charge in [-0.2, -0.15) is 0 Å². The fraction of sp³-hybridized carbons (Fsp3) is 0.967. The van der Waals surface area contributed by atoms with Crippen LogP contribution in [0.4, 0.5) is 0 Å². The molecule has 438 valence electrons. The molecule has 5 heterocycles. The summed E-state index contributed by atoms with van der Waals surface area (Å²) in [4.78, 5) is 45.1. The maximum Gasteiger partial charge on any atom is 0.472 e. The molecule has 0 bridgehead atoms. The van der Waals surface area contributed by atoms with Crippen LogP contribution in [0.5, 0.6) is 0 Å². The third kappa shape index (κ3) is 25.5. The third-order valence-electron chi connectivity index (χ3n) is 16.7. The second-order valence-electron chi connectivity index (χ2n) is 24.1. The molecule has 2 amide bonds. The van der Waals surface area contributed by atoms with Crippen molar-refractivity contribution in [3.05, 3.63) is 0 Å². The zero-order chi connectivity index (χ0) is 53.6. The van der Waals surface area contributed by atoms with Crippen molar-refractivity contribution >= 4 is 19.6 Å². The number of rotatable bonds is 42. The minimum atomic E-state index is -4.51. The van der Waals surface area contributed by atoms with Crippen LogP contribution in [0.25, 0.3) is 0 Å². The van der Waals surface area contributed by atoms with Crippen molar-refractivity contribution in [3.8, 4) is 0 Å². The Morgan fingerprint density at radius 3 is 1.63 bits per heavy atom. The summed E-state index contributed by atoms with van der Waals surface area (Å²) in [6, 6.07) is 0. The molecule has 15 heteroatoms. The van der Waals surface area contributed by atoms with E-state index in [-0.39, 0.29) is 30.9 Å². The Balaban J connectivity index is 1.04. The van der Waals surface area contributed by atoms with Crippen molar-refractivity contribution in [1.29, 1.82) is 0 Å². The molecular weight excluding hydrogens is 970 g/mol. The van der Waals surface area contributed by atoms with Crippen LogP contribution in [0.3, 0.4) is 0 Å². The Bertz CT molecular complexity index is 1590. The second-order valence-corrected chi connectivity index (χ2v) is 25.5. The number of imide groups is 1. The van der Waals surface area contributed by atoms with Crippen LogP contribution in [0.15, 0.2) is 0 Å². The van der Waals surface area contributed by atoms with Crippen molar-refractivity contribution in [2.75, 3.05) is 59.0 Å². The van der Waals surface area contributed by atoms with E-state index in [1.165, 1.54) is 161 Å². The number of fused-ring (bicyclic) bond motifs is 1. The first-order valence-electron chi connectivity index (χ1n) is 31.6. The highest BCUT2D eigenvalue weighted by Gasteiger charge is 2.61. The summed E-state index contributed by atoms with van der Waals surface area (Å²) in [7, 11) is -4.51. The van der Waals surface area contributed by atoms with Gasteiger partial charge in [-0.3, -0.25) is 23.5 Å². The van der Waals surface area contributed by atoms with Crippen LogP contribution in [0.2, 0.25) is 0 Å². The van der Waals surface area contributed by atoms with Gasteiger partial charge in [-0.05, 0) is 84.8 Å². The van der Waals surface area contributed by atoms with E-state index in [9.17, 15) is 19.0 Å². The van der Waals surface area contributed by atoms with Crippen LogP contribution in [-0.2, 0) is 46.9 Å². The van der Waals surface area contributed by atoms with Crippen molar-refractivity contribution in [2.24, 2.45) is 5.92 Å². The van der Waals surface area contributed by atoms with E-state index in [2.05, 4.69) is 23.6 Å². The van der Waals surface area contributed by atoms with Gasteiger partial charge in [0.25, 0.3) is 0 Å². The minimum Gasteiger partial charge on any atom is -0.348 e. The van der Waals surface area contributed by atoms with E-state index >= 15 is 0 Å². The number of piperidine rings is 2. The Kier molecular flexibility index (Phi) is 31.4. The van der Waals surface area contributed by atoms with Gasteiger partial charge in [0.15, 0.2) is 17.9 Å². The third-order valence-corrected chi connectivity index (χ3v) is 17.7. The molecule has 0 saturated carbocycles. The SMILES string of the molecule is CCCCCCCCCCCCCCCCOP(=O)(O)O[C@@H]1[C@H]2OC(C)(CC3CCCN(CCC(=O)N(CCCCCCCCCCCCCCCC)C(=O)CCN4CCCCC4)C3)O[C@H]2O[C@@H]1[C@H]1COC(C)(C)O1. The highest BCUT2D eigenvalue weighted by Crippen LogP contribution is 2.52. The average Bonchev–Trinajstić information content (AvgIpc) is 4.03. The monoisotopic (exact) mass is 1080 g/mol. The molecule has 5 fully saturated rings. The number of ether oxygens (including phenoxy) is 5. The van der Waals surface area contributed by atoms with E-state index in [0.717, 1.165) is 77.7 Å². The lowest BCUT2D eigenvalue weighted by molar-refractivity contribution is -0.245. The maximum atomic E-state index is 14.0. The second kappa shape index (κ2) is 36.3. The molecule has 5 rings (SSSR count). The van der Waals surface area contributed by atoms with Gasteiger partial charge in [-0.25, -0.2) is 4.57 Å². The summed E-state index contributed by atoms with van der Waals surface area (Å²) >= 11 is 0. The molecule has 5 saturated heterocycles. The van der Waals surface area contributed by atoms with Gasteiger partial charge in [0.05, 0.1) is 13.2 Å². The van der Waals surface area contributed by atoms with Crippen molar-refractivity contribution in [2.45, 2.75) is 308 Å². The lowest BCUT2D eigenvalue weighted by atomic mass is 9.91. The predicted molar refractivity (Wildman–Crippen MR) is 299 cm³/mol. The van der Waals surface area contributed by atoms with Crippen molar-refractivity contribution in [3.63, 3.8) is 0 Å². The summed E-state index contributed by atoms with van der Waals surface area (Å²) in [5, 5.41) is 0. The van der Waals surface area contributed by atoms with Crippen LogP contribution in [0, 0.1) is 5.92 Å². The van der Waals surface area contributed by atoms with Crippen molar-refractivity contribution < 1.29 is 51.8 Å². The molecule has 8 atom stereocenters. The molecule has 0 spiro atoms.